The first-order chi connectivity index (χ1) is 3.63. The molecular formula is C5H9ClN2. The van der Waals surface area contributed by atoms with Crippen molar-refractivity contribution in [2.45, 2.75) is 12.0 Å². The lowest BCUT2D eigenvalue weighted by Gasteiger charge is -2.25. The van der Waals surface area contributed by atoms with Crippen molar-refractivity contribution < 1.29 is 0 Å². The highest BCUT2D eigenvalue weighted by Gasteiger charge is 2.25. The second kappa shape index (κ2) is 1.55. The molecule has 0 fully saturated rings. The molecule has 0 aromatic carbocycles. The first-order valence-electron chi connectivity index (χ1n) is 2.49. The van der Waals surface area contributed by atoms with E-state index in [1.165, 1.54) is 0 Å². The van der Waals surface area contributed by atoms with Crippen LogP contribution in [0.25, 0.3) is 0 Å². The van der Waals surface area contributed by atoms with Crippen LogP contribution in [0.3, 0.4) is 0 Å². The van der Waals surface area contributed by atoms with Crippen LogP contribution in [0.5, 0.6) is 0 Å². The molecule has 0 aromatic heterocycles. The molecule has 1 unspecified atom stereocenters. The number of alkyl halides is 1. The Morgan fingerprint density at radius 3 is 2.50 bits per heavy atom. The number of rotatable bonds is 0. The number of nitrogens with zero attached hydrogens (tertiary/aromatic N) is 1. The first kappa shape index (κ1) is 5.76. The molecule has 0 aromatic rings. The summed E-state index contributed by atoms with van der Waals surface area (Å²) in [5.74, 6) is 0. The van der Waals surface area contributed by atoms with Crippen molar-refractivity contribution in [2.24, 2.45) is 0 Å². The molecule has 8 heavy (non-hydrogen) atoms. The van der Waals surface area contributed by atoms with Crippen LogP contribution in [0.15, 0.2) is 12.4 Å². The smallest absolute Gasteiger partial charge is 0.184 e. The summed E-state index contributed by atoms with van der Waals surface area (Å²) >= 11 is 5.87. The Morgan fingerprint density at radius 1 is 1.75 bits per heavy atom. The van der Waals surface area contributed by atoms with Gasteiger partial charge in [-0.25, -0.2) is 0 Å². The SMILES string of the molecule is CN1C=CNC1(C)Cl. The quantitative estimate of drug-likeness (QED) is 0.389. The maximum Gasteiger partial charge on any atom is 0.184 e. The lowest BCUT2D eigenvalue weighted by molar-refractivity contribution is 0.306. The summed E-state index contributed by atoms with van der Waals surface area (Å²) in [5.41, 5.74) is 0. The molecule has 1 rings (SSSR count). The van der Waals surface area contributed by atoms with Gasteiger partial charge in [0.2, 0.25) is 0 Å². The fraction of sp³-hybridized carbons (Fsp3) is 0.600. The summed E-state index contributed by atoms with van der Waals surface area (Å²) in [7, 11) is 1.92. The third kappa shape index (κ3) is 0.757. The summed E-state index contributed by atoms with van der Waals surface area (Å²) in [4.78, 5) is 1.90. The van der Waals surface area contributed by atoms with Gasteiger partial charge in [-0.15, -0.1) is 0 Å². The zero-order valence-electron chi connectivity index (χ0n) is 4.98. The molecule has 1 atom stereocenters. The summed E-state index contributed by atoms with van der Waals surface area (Å²) in [6.45, 7) is 1.90. The van der Waals surface area contributed by atoms with Crippen LogP contribution >= 0.6 is 11.6 Å². The van der Waals surface area contributed by atoms with E-state index < -0.39 is 5.12 Å². The largest absolute Gasteiger partial charge is 0.355 e. The summed E-state index contributed by atoms with van der Waals surface area (Å²) < 4.78 is 0. The minimum Gasteiger partial charge on any atom is -0.355 e. The number of halogens is 1. The molecule has 1 aliphatic heterocycles. The second-order valence-electron chi connectivity index (χ2n) is 2.02. The minimum atomic E-state index is -0.403. The number of hydrogen-bond donors (Lipinski definition) is 1. The van der Waals surface area contributed by atoms with Crippen LogP contribution in [0, 0.1) is 0 Å². The predicted molar refractivity (Wildman–Crippen MR) is 34.3 cm³/mol. The lowest BCUT2D eigenvalue weighted by Crippen LogP contribution is -2.40. The maximum atomic E-state index is 5.87. The topological polar surface area (TPSA) is 15.3 Å². The Labute approximate surface area is 54.1 Å². The zero-order chi connectivity index (χ0) is 6.20. The number of hydrogen-bond acceptors (Lipinski definition) is 2. The fourth-order valence-electron chi connectivity index (χ4n) is 0.543. The Balaban J connectivity index is 2.64. The lowest BCUT2D eigenvalue weighted by atomic mass is 10.5. The van der Waals surface area contributed by atoms with Gasteiger partial charge in [0.05, 0.1) is 0 Å². The second-order valence-corrected chi connectivity index (χ2v) is 2.76. The molecule has 1 heterocycles. The normalized spacial score (nSPS) is 35.6. The highest BCUT2D eigenvalue weighted by atomic mass is 35.5. The third-order valence-corrected chi connectivity index (χ3v) is 1.68. The van der Waals surface area contributed by atoms with Crippen LogP contribution in [0.4, 0.5) is 0 Å². The Kier molecular flexibility index (Phi) is 1.12. The van der Waals surface area contributed by atoms with Gasteiger partial charge in [-0.05, 0) is 6.92 Å². The molecule has 2 nitrogen and oxygen atoms in total. The Hall–Kier alpha value is -0.370. The predicted octanol–water partition coefficient (Wildman–Crippen LogP) is 0.905. The Morgan fingerprint density at radius 2 is 2.38 bits per heavy atom. The highest BCUT2D eigenvalue weighted by Crippen LogP contribution is 2.18. The van der Waals surface area contributed by atoms with Crippen LogP contribution in [0.1, 0.15) is 6.92 Å². The van der Waals surface area contributed by atoms with E-state index >= 15 is 0 Å². The summed E-state index contributed by atoms with van der Waals surface area (Å²) in [6.07, 6.45) is 3.72. The van der Waals surface area contributed by atoms with E-state index in [-0.39, 0.29) is 0 Å². The molecule has 0 aliphatic carbocycles. The van der Waals surface area contributed by atoms with Gasteiger partial charge < -0.3 is 10.2 Å². The minimum absolute atomic E-state index is 0.403. The van der Waals surface area contributed by atoms with E-state index in [4.69, 9.17) is 11.6 Å². The standard InChI is InChI=1S/C5H9ClN2/c1-5(6)7-3-4-8(5)2/h3-4,7H,1-2H3. The van der Waals surface area contributed by atoms with Gasteiger partial charge in [-0.3, -0.25) is 0 Å². The Bertz CT molecular complexity index is 120. The summed E-state index contributed by atoms with van der Waals surface area (Å²) in [6, 6.07) is 0. The van der Waals surface area contributed by atoms with E-state index in [0.717, 1.165) is 0 Å². The molecule has 1 aliphatic rings. The van der Waals surface area contributed by atoms with Gasteiger partial charge in [0.15, 0.2) is 5.12 Å². The van der Waals surface area contributed by atoms with E-state index in [9.17, 15) is 0 Å². The molecule has 46 valence electrons. The van der Waals surface area contributed by atoms with E-state index in [1.54, 1.807) is 0 Å². The number of nitrogens with one attached hydrogen (secondary N) is 1. The molecule has 0 spiro atoms. The van der Waals surface area contributed by atoms with E-state index in [1.807, 2.05) is 31.3 Å². The van der Waals surface area contributed by atoms with E-state index in [0.29, 0.717) is 0 Å². The van der Waals surface area contributed by atoms with Crippen molar-refractivity contribution >= 4 is 11.6 Å². The van der Waals surface area contributed by atoms with Gasteiger partial charge in [0.25, 0.3) is 0 Å². The van der Waals surface area contributed by atoms with Gasteiger partial charge >= 0.3 is 0 Å². The molecule has 3 heteroatoms. The molecule has 0 saturated carbocycles. The van der Waals surface area contributed by atoms with Gasteiger partial charge in [0, 0.05) is 19.4 Å². The van der Waals surface area contributed by atoms with E-state index in [2.05, 4.69) is 5.32 Å². The van der Waals surface area contributed by atoms with Crippen molar-refractivity contribution in [3.05, 3.63) is 12.4 Å². The van der Waals surface area contributed by atoms with Crippen LogP contribution in [0.2, 0.25) is 0 Å². The molecule has 0 bridgehead atoms. The molecule has 0 saturated heterocycles. The van der Waals surface area contributed by atoms with Crippen LogP contribution < -0.4 is 5.32 Å². The fourth-order valence-corrected chi connectivity index (χ4v) is 0.662. The van der Waals surface area contributed by atoms with Crippen molar-refractivity contribution in [1.29, 1.82) is 0 Å². The van der Waals surface area contributed by atoms with Crippen molar-refractivity contribution in [2.75, 3.05) is 7.05 Å². The third-order valence-electron chi connectivity index (χ3n) is 1.31. The van der Waals surface area contributed by atoms with Crippen LogP contribution in [-0.2, 0) is 0 Å². The van der Waals surface area contributed by atoms with Gasteiger partial charge in [-0.1, -0.05) is 11.6 Å². The molecular weight excluding hydrogens is 124 g/mol. The van der Waals surface area contributed by atoms with Crippen molar-refractivity contribution in [3.8, 4) is 0 Å². The van der Waals surface area contributed by atoms with Gasteiger partial charge in [0.1, 0.15) is 0 Å². The first-order valence-corrected chi connectivity index (χ1v) is 2.87. The highest BCUT2D eigenvalue weighted by molar-refractivity contribution is 6.23. The average Bonchev–Trinajstić information content (AvgIpc) is 1.86. The van der Waals surface area contributed by atoms with Crippen LogP contribution in [-0.4, -0.2) is 17.1 Å². The molecule has 1 N–H and O–H groups in total. The average molecular weight is 133 g/mol. The van der Waals surface area contributed by atoms with Crippen molar-refractivity contribution in [3.63, 3.8) is 0 Å². The summed E-state index contributed by atoms with van der Waals surface area (Å²) in [5, 5.41) is 2.55. The molecule has 0 radical (unpaired) electrons. The monoisotopic (exact) mass is 132 g/mol. The van der Waals surface area contributed by atoms with Gasteiger partial charge in [-0.2, -0.15) is 0 Å². The van der Waals surface area contributed by atoms with Crippen molar-refractivity contribution in [1.82, 2.24) is 10.2 Å². The maximum absolute atomic E-state index is 5.87. The molecule has 0 amide bonds. The zero-order valence-corrected chi connectivity index (χ0v) is 5.74.